The van der Waals surface area contributed by atoms with E-state index >= 15 is 0 Å². The monoisotopic (exact) mass is 359 g/mol. The molecule has 3 rings (SSSR count). The van der Waals surface area contributed by atoms with Crippen molar-refractivity contribution in [1.82, 2.24) is 14.7 Å². The van der Waals surface area contributed by atoms with E-state index in [1.54, 1.807) is 36.1 Å². The first-order valence-corrected chi connectivity index (χ1v) is 8.18. The maximum absolute atomic E-state index is 12.7. The van der Waals surface area contributed by atoms with Crippen LogP contribution < -0.4 is 9.47 Å². The average Bonchev–Trinajstić information content (AvgIpc) is 3.27. The van der Waals surface area contributed by atoms with Gasteiger partial charge in [0.1, 0.15) is 5.69 Å². The second-order valence-corrected chi connectivity index (χ2v) is 6.22. The van der Waals surface area contributed by atoms with Crippen LogP contribution in [0.25, 0.3) is 0 Å². The zero-order valence-electron chi connectivity index (χ0n) is 14.9. The first-order chi connectivity index (χ1) is 12.5. The Hall–Kier alpha value is -3.03. The Labute approximate surface area is 150 Å². The fourth-order valence-electron chi connectivity index (χ4n) is 3.43. The number of amides is 1. The number of benzene rings is 1. The molecule has 0 bridgehead atoms. The summed E-state index contributed by atoms with van der Waals surface area (Å²) in [4.78, 5) is 26.0. The first-order valence-electron chi connectivity index (χ1n) is 8.18. The van der Waals surface area contributed by atoms with Gasteiger partial charge >= 0.3 is 5.97 Å². The third-order valence-electron chi connectivity index (χ3n) is 4.69. The Kier molecular flexibility index (Phi) is 4.83. The molecule has 1 N–H and O–H groups in total. The number of likely N-dealkylation sites (tertiary alicyclic amines) is 1. The molecule has 138 valence electrons. The summed E-state index contributed by atoms with van der Waals surface area (Å²) in [5, 5.41) is 13.8. The van der Waals surface area contributed by atoms with Crippen molar-refractivity contribution in [2.75, 3.05) is 27.3 Å². The molecule has 26 heavy (non-hydrogen) atoms. The van der Waals surface area contributed by atoms with Crippen LogP contribution in [-0.4, -0.2) is 59.0 Å². The standard InChI is InChI=1S/C18H21N3O5/c1-20-8-7-14(19-20)17(22)21-9-12(13(10-21)18(23)24)11-5-4-6-15(25-2)16(11)26-3/h4-8,12-13H,9-10H2,1-3H3,(H,23,24)/t12-,13+/m1/s1. The number of hydrogen-bond donors (Lipinski definition) is 1. The molecule has 8 heteroatoms. The molecule has 8 nitrogen and oxygen atoms in total. The number of methoxy groups -OCH3 is 2. The Morgan fingerprint density at radius 3 is 2.54 bits per heavy atom. The van der Waals surface area contributed by atoms with Gasteiger partial charge in [-0.1, -0.05) is 12.1 Å². The highest BCUT2D eigenvalue weighted by atomic mass is 16.5. The number of carboxylic acid groups (broad SMARTS) is 1. The summed E-state index contributed by atoms with van der Waals surface area (Å²) in [5.74, 6) is -1.33. The predicted octanol–water partition coefficient (Wildman–Crippen LogP) is 1.38. The minimum atomic E-state index is -0.948. The fraction of sp³-hybridized carbons (Fsp3) is 0.389. The van der Waals surface area contributed by atoms with Gasteiger partial charge in [0.25, 0.3) is 5.91 Å². The second-order valence-electron chi connectivity index (χ2n) is 6.22. The number of carbonyl (C=O) groups is 2. The minimum Gasteiger partial charge on any atom is -0.493 e. The summed E-state index contributed by atoms with van der Waals surface area (Å²) in [6, 6.07) is 6.98. The van der Waals surface area contributed by atoms with E-state index < -0.39 is 17.8 Å². The largest absolute Gasteiger partial charge is 0.493 e. The highest BCUT2D eigenvalue weighted by Crippen LogP contribution is 2.42. The minimum absolute atomic E-state index is 0.121. The van der Waals surface area contributed by atoms with Crippen LogP contribution in [0.4, 0.5) is 0 Å². The van der Waals surface area contributed by atoms with E-state index in [1.165, 1.54) is 19.1 Å². The lowest BCUT2D eigenvalue weighted by Crippen LogP contribution is -2.30. The van der Waals surface area contributed by atoms with Crippen molar-refractivity contribution < 1.29 is 24.2 Å². The molecule has 0 saturated carbocycles. The SMILES string of the molecule is COc1cccc([C@H]2CN(C(=O)c3ccn(C)n3)C[C@@H]2C(=O)O)c1OC. The number of para-hydroxylation sites is 1. The van der Waals surface area contributed by atoms with E-state index in [1.807, 2.05) is 6.07 Å². The number of aryl methyl sites for hydroxylation is 1. The summed E-state index contributed by atoms with van der Waals surface area (Å²) in [7, 11) is 4.77. The lowest BCUT2D eigenvalue weighted by atomic mass is 9.88. The van der Waals surface area contributed by atoms with Gasteiger partial charge < -0.3 is 19.5 Å². The van der Waals surface area contributed by atoms with Gasteiger partial charge in [0.05, 0.1) is 20.1 Å². The van der Waals surface area contributed by atoms with Crippen LogP contribution in [-0.2, 0) is 11.8 Å². The number of carboxylic acids is 1. The topological polar surface area (TPSA) is 93.9 Å². The highest BCUT2D eigenvalue weighted by Gasteiger charge is 2.42. The van der Waals surface area contributed by atoms with Crippen molar-refractivity contribution in [1.29, 1.82) is 0 Å². The van der Waals surface area contributed by atoms with E-state index in [4.69, 9.17) is 9.47 Å². The summed E-state index contributed by atoms with van der Waals surface area (Å²) < 4.78 is 12.3. The molecule has 2 heterocycles. The van der Waals surface area contributed by atoms with Crippen LogP contribution >= 0.6 is 0 Å². The summed E-state index contributed by atoms with van der Waals surface area (Å²) in [6.45, 7) is 0.395. The van der Waals surface area contributed by atoms with Crippen molar-refractivity contribution in [2.24, 2.45) is 13.0 Å². The fourth-order valence-corrected chi connectivity index (χ4v) is 3.43. The number of carbonyl (C=O) groups excluding carboxylic acids is 1. The molecule has 0 spiro atoms. The van der Waals surface area contributed by atoms with Gasteiger partial charge in [-0.05, 0) is 12.1 Å². The summed E-state index contributed by atoms with van der Waals surface area (Å²) in [5.41, 5.74) is 1.02. The first kappa shape index (κ1) is 17.8. The molecule has 2 aromatic rings. The molecule has 2 atom stereocenters. The van der Waals surface area contributed by atoms with E-state index in [0.717, 1.165) is 5.56 Å². The van der Waals surface area contributed by atoms with Crippen molar-refractivity contribution in [2.45, 2.75) is 5.92 Å². The van der Waals surface area contributed by atoms with Crippen LogP contribution in [0, 0.1) is 5.92 Å². The van der Waals surface area contributed by atoms with Crippen molar-refractivity contribution >= 4 is 11.9 Å². The lowest BCUT2D eigenvalue weighted by Gasteiger charge is -2.20. The number of aliphatic carboxylic acids is 1. The zero-order valence-corrected chi connectivity index (χ0v) is 14.9. The maximum Gasteiger partial charge on any atom is 0.308 e. The molecule has 1 amide bonds. The quantitative estimate of drug-likeness (QED) is 0.867. The lowest BCUT2D eigenvalue weighted by molar-refractivity contribution is -0.141. The van der Waals surface area contributed by atoms with Crippen molar-refractivity contribution in [3.05, 3.63) is 41.7 Å². The Morgan fingerprint density at radius 2 is 1.96 bits per heavy atom. The van der Waals surface area contributed by atoms with Crippen LogP contribution in [0.3, 0.4) is 0 Å². The summed E-state index contributed by atoms with van der Waals surface area (Å²) in [6.07, 6.45) is 1.68. The molecule has 1 aliphatic rings. The Morgan fingerprint density at radius 1 is 1.19 bits per heavy atom. The number of ether oxygens (including phenoxy) is 2. The van der Waals surface area contributed by atoms with Gasteiger partial charge in [0.15, 0.2) is 11.5 Å². The number of aromatic nitrogens is 2. The van der Waals surface area contributed by atoms with Crippen LogP contribution in [0.5, 0.6) is 11.5 Å². The zero-order chi connectivity index (χ0) is 18.8. The van der Waals surface area contributed by atoms with Crippen molar-refractivity contribution in [3.8, 4) is 11.5 Å². The molecular weight excluding hydrogens is 338 g/mol. The predicted molar refractivity (Wildman–Crippen MR) is 92.5 cm³/mol. The molecule has 1 aromatic carbocycles. The molecule has 0 unspecified atom stereocenters. The second kappa shape index (κ2) is 7.07. The highest BCUT2D eigenvalue weighted by molar-refractivity contribution is 5.93. The number of nitrogens with zero attached hydrogens (tertiary/aromatic N) is 3. The van der Waals surface area contributed by atoms with Crippen LogP contribution in [0.2, 0.25) is 0 Å². The summed E-state index contributed by atoms with van der Waals surface area (Å²) >= 11 is 0. The normalized spacial score (nSPS) is 19.4. The van der Waals surface area contributed by atoms with Crippen LogP contribution in [0.15, 0.2) is 30.5 Å². The van der Waals surface area contributed by atoms with Gasteiger partial charge in [0.2, 0.25) is 0 Å². The van der Waals surface area contributed by atoms with Crippen molar-refractivity contribution in [3.63, 3.8) is 0 Å². The molecular formula is C18H21N3O5. The molecule has 1 aliphatic heterocycles. The third kappa shape index (κ3) is 3.10. The number of hydrogen-bond acceptors (Lipinski definition) is 5. The van der Waals surface area contributed by atoms with E-state index in [0.29, 0.717) is 17.2 Å². The molecule has 1 saturated heterocycles. The van der Waals surface area contributed by atoms with Gasteiger partial charge in [-0.15, -0.1) is 0 Å². The maximum atomic E-state index is 12.7. The van der Waals surface area contributed by atoms with Gasteiger partial charge in [-0.25, -0.2) is 0 Å². The number of rotatable bonds is 5. The van der Waals surface area contributed by atoms with E-state index in [9.17, 15) is 14.7 Å². The van der Waals surface area contributed by atoms with E-state index in [-0.39, 0.29) is 19.0 Å². The van der Waals surface area contributed by atoms with Gasteiger partial charge in [-0.3, -0.25) is 14.3 Å². The third-order valence-corrected chi connectivity index (χ3v) is 4.69. The Balaban J connectivity index is 1.94. The molecule has 1 aromatic heterocycles. The van der Waals surface area contributed by atoms with Gasteiger partial charge in [-0.2, -0.15) is 5.10 Å². The molecule has 0 aliphatic carbocycles. The van der Waals surface area contributed by atoms with Crippen LogP contribution in [0.1, 0.15) is 22.0 Å². The smallest absolute Gasteiger partial charge is 0.308 e. The van der Waals surface area contributed by atoms with Gasteiger partial charge in [0, 0.05) is 37.8 Å². The average molecular weight is 359 g/mol. The molecule has 1 fully saturated rings. The Bertz CT molecular complexity index is 832. The molecule has 0 radical (unpaired) electrons. The van der Waals surface area contributed by atoms with E-state index in [2.05, 4.69) is 5.10 Å².